The van der Waals surface area contributed by atoms with Gasteiger partial charge in [0.1, 0.15) is 23.7 Å². The van der Waals surface area contributed by atoms with E-state index in [2.05, 4.69) is 66.0 Å². The van der Waals surface area contributed by atoms with Crippen LogP contribution in [0.1, 0.15) is 43.9 Å². The Morgan fingerprint density at radius 3 is 1.67 bits per heavy atom. The van der Waals surface area contributed by atoms with Gasteiger partial charge in [-0.1, -0.05) is 44.0 Å². The molecule has 0 atom stereocenters. The number of carbonyl (C=O) groups is 2. The third-order valence-corrected chi connectivity index (χ3v) is 10.7. The van der Waals surface area contributed by atoms with Gasteiger partial charge in [0, 0.05) is 108 Å². The molecular formula is C39H47Cl2F2N9O3. The van der Waals surface area contributed by atoms with Crippen LogP contribution in [0.25, 0.3) is 0 Å². The molecule has 12 nitrogen and oxygen atoms in total. The van der Waals surface area contributed by atoms with Crippen molar-refractivity contribution in [1.82, 2.24) is 34.6 Å². The molecule has 4 aliphatic heterocycles. The summed E-state index contributed by atoms with van der Waals surface area (Å²) in [6.07, 6.45) is 3.60. The Hall–Kier alpha value is -3.92. The summed E-state index contributed by atoms with van der Waals surface area (Å²) in [4.78, 5) is 45.5. The van der Waals surface area contributed by atoms with Crippen molar-refractivity contribution in [1.29, 1.82) is 0 Å². The van der Waals surface area contributed by atoms with Gasteiger partial charge in [0.15, 0.2) is 0 Å². The predicted octanol–water partition coefficient (Wildman–Crippen LogP) is 5.79. The van der Waals surface area contributed by atoms with Crippen LogP contribution >= 0.6 is 23.2 Å². The molecule has 0 radical (unpaired) electrons. The molecule has 4 saturated heterocycles. The molecule has 8 rings (SSSR count). The molecule has 2 aromatic heterocycles. The molecule has 294 valence electrons. The molecule has 0 aliphatic carbocycles. The third kappa shape index (κ3) is 9.91. The van der Waals surface area contributed by atoms with Crippen molar-refractivity contribution >= 4 is 46.4 Å². The molecule has 55 heavy (non-hydrogen) atoms. The van der Waals surface area contributed by atoms with Crippen LogP contribution in [0.5, 0.6) is 0 Å². The number of hydrogen-bond acceptors (Lipinski definition) is 9. The number of aromatic amines is 1. The normalized spacial score (nSPS) is 19.1. The number of nitrogens with one attached hydrogen (secondary N) is 3. The second-order valence-electron chi connectivity index (χ2n) is 16.9. The Balaban J connectivity index is 0.000000170. The van der Waals surface area contributed by atoms with Gasteiger partial charge in [-0.15, -0.1) is 0 Å². The number of amides is 2. The molecule has 3 N–H and O–H groups in total. The van der Waals surface area contributed by atoms with Crippen LogP contribution in [0.2, 0.25) is 10.0 Å². The number of carbonyl (C=O) groups excluding carboxylic acids is 2. The van der Waals surface area contributed by atoms with Crippen LogP contribution in [-0.4, -0.2) is 112 Å². The van der Waals surface area contributed by atoms with Gasteiger partial charge in [-0.05, 0) is 43.3 Å². The van der Waals surface area contributed by atoms with E-state index in [1.165, 1.54) is 30.3 Å². The predicted molar refractivity (Wildman–Crippen MR) is 207 cm³/mol. The maximum Gasteiger partial charge on any atom is 0.238 e. The fourth-order valence-electron chi connectivity index (χ4n) is 8.24. The van der Waals surface area contributed by atoms with Gasteiger partial charge in [0.05, 0.1) is 25.3 Å². The number of hydrogen-bond donors (Lipinski definition) is 3. The Morgan fingerprint density at radius 1 is 0.782 bits per heavy atom. The van der Waals surface area contributed by atoms with E-state index < -0.39 is 11.6 Å². The number of aromatic nitrogens is 3. The molecule has 4 fully saturated rings. The Kier molecular flexibility index (Phi) is 11.1. The van der Waals surface area contributed by atoms with Crippen molar-refractivity contribution in [2.24, 2.45) is 10.8 Å². The van der Waals surface area contributed by atoms with E-state index >= 15 is 0 Å². The van der Waals surface area contributed by atoms with E-state index in [-0.39, 0.29) is 32.7 Å². The van der Waals surface area contributed by atoms with Gasteiger partial charge in [0.25, 0.3) is 0 Å². The lowest BCUT2D eigenvalue weighted by Crippen LogP contribution is -2.72. The van der Waals surface area contributed by atoms with Gasteiger partial charge in [-0.3, -0.25) is 29.2 Å². The summed E-state index contributed by atoms with van der Waals surface area (Å²) in [5, 5.41) is 5.94. The van der Waals surface area contributed by atoms with Gasteiger partial charge < -0.3 is 20.0 Å². The molecule has 2 spiro atoms. The molecular weight excluding hydrogens is 751 g/mol. The average molecular weight is 799 g/mol. The minimum atomic E-state index is -0.466. The van der Waals surface area contributed by atoms with Gasteiger partial charge >= 0.3 is 0 Å². The fourth-order valence-corrected chi connectivity index (χ4v) is 8.69. The first-order valence-corrected chi connectivity index (χ1v) is 19.1. The summed E-state index contributed by atoms with van der Waals surface area (Å²) < 4.78 is 32.1. The topological polar surface area (TPSA) is 126 Å². The molecule has 16 heteroatoms. The smallest absolute Gasteiger partial charge is 0.238 e. The number of benzene rings is 2. The summed E-state index contributed by atoms with van der Waals surface area (Å²) >= 11 is 11.6. The average Bonchev–Trinajstić information content (AvgIpc) is 3.65. The summed E-state index contributed by atoms with van der Waals surface area (Å²) in [5.74, 6) is 0.534. The number of oxazole rings is 1. The van der Waals surface area contributed by atoms with E-state index in [0.717, 1.165) is 88.6 Å². The number of anilines is 2. The van der Waals surface area contributed by atoms with Gasteiger partial charge in [-0.2, -0.15) is 0 Å². The van der Waals surface area contributed by atoms with Crippen LogP contribution in [0.15, 0.2) is 53.3 Å². The van der Waals surface area contributed by atoms with E-state index in [1.54, 1.807) is 12.3 Å². The van der Waals surface area contributed by atoms with E-state index in [4.69, 9.17) is 27.6 Å². The Morgan fingerprint density at radius 2 is 1.25 bits per heavy atom. The first-order chi connectivity index (χ1) is 26.0. The van der Waals surface area contributed by atoms with Crippen molar-refractivity contribution in [3.63, 3.8) is 0 Å². The number of H-pyrrole nitrogens is 1. The maximum absolute atomic E-state index is 13.4. The van der Waals surface area contributed by atoms with Crippen molar-refractivity contribution in [2.75, 3.05) is 76.1 Å². The van der Waals surface area contributed by atoms with E-state index in [1.807, 2.05) is 13.1 Å². The first-order valence-electron chi connectivity index (χ1n) is 18.4. The zero-order chi connectivity index (χ0) is 39.1. The second-order valence-corrected chi connectivity index (χ2v) is 17.8. The monoisotopic (exact) mass is 797 g/mol. The highest BCUT2D eigenvalue weighted by molar-refractivity contribution is 6.31. The van der Waals surface area contributed by atoms with Crippen LogP contribution in [0.3, 0.4) is 0 Å². The molecule has 4 aliphatic rings. The van der Waals surface area contributed by atoms with Gasteiger partial charge in [-0.25, -0.2) is 18.7 Å². The number of imidazole rings is 1. The lowest BCUT2D eigenvalue weighted by molar-refractivity contribution is -0.135. The number of aryl methyl sites for hydroxylation is 1. The molecule has 0 bridgehead atoms. The molecule has 0 unspecified atom stereocenters. The summed E-state index contributed by atoms with van der Waals surface area (Å²) in [7, 11) is 0. The SMILES string of the molecule is CC(C)(C)c1ncc(CN2CC3(CN(CC(=O)Nc4cc(F)cc(Cl)c4)C3)C2)[nH]1.Cc1coc(CN2CC3(CN(CC(=O)Nc4cc(F)cc(Cl)c4)C3)C2)n1. The quantitative estimate of drug-likeness (QED) is 0.183. The lowest BCUT2D eigenvalue weighted by atomic mass is 9.73. The molecule has 4 aromatic rings. The van der Waals surface area contributed by atoms with E-state index in [9.17, 15) is 18.4 Å². The lowest BCUT2D eigenvalue weighted by Gasteiger charge is -2.60. The number of likely N-dealkylation sites (tertiary alicyclic amines) is 4. The molecule has 2 amide bonds. The zero-order valence-electron chi connectivity index (χ0n) is 31.5. The minimum absolute atomic E-state index is 0.0281. The fraction of sp³-hybridized carbons (Fsp3) is 0.487. The molecule has 2 aromatic carbocycles. The second kappa shape index (κ2) is 15.5. The largest absolute Gasteiger partial charge is 0.447 e. The van der Waals surface area contributed by atoms with Crippen LogP contribution in [0.4, 0.5) is 20.2 Å². The molecule has 6 heterocycles. The highest BCUT2D eigenvalue weighted by Gasteiger charge is 2.52. The summed E-state index contributed by atoms with van der Waals surface area (Å²) in [6.45, 7) is 18.3. The van der Waals surface area contributed by atoms with Crippen molar-refractivity contribution in [3.8, 4) is 0 Å². The van der Waals surface area contributed by atoms with Gasteiger partial charge in [0.2, 0.25) is 17.7 Å². The maximum atomic E-state index is 13.4. The highest BCUT2D eigenvalue weighted by Crippen LogP contribution is 2.41. The minimum Gasteiger partial charge on any atom is -0.447 e. The summed E-state index contributed by atoms with van der Waals surface area (Å²) in [5.41, 5.74) is 3.43. The van der Waals surface area contributed by atoms with Crippen molar-refractivity contribution < 1.29 is 22.8 Å². The zero-order valence-corrected chi connectivity index (χ0v) is 33.0. The van der Waals surface area contributed by atoms with Crippen LogP contribution < -0.4 is 10.6 Å². The molecule has 0 saturated carbocycles. The summed E-state index contributed by atoms with van der Waals surface area (Å²) in [6, 6.07) is 8.03. The number of halogens is 4. The van der Waals surface area contributed by atoms with Crippen LogP contribution in [0, 0.1) is 29.4 Å². The standard InChI is InChI=1S/C21H27ClFN5O.C18H20ClFN4O2/c1-20(2,3)19-24-7-17(26-19)8-27-10-21(11-27)12-28(13-21)9-18(29)25-16-5-14(22)4-15(23)6-16;1-12-7-26-17(21-12)6-24-10-18(11-24)8-23(9-18)5-16(25)22-15-3-13(19)2-14(20)4-15/h4-7H,8-13H2,1-3H3,(H,24,26)(H,25,29);2-4,7H,5-6,8-11H2,1H3,(H,22,25). The first kappa shape index (κ1) is 39.3. The number of nitrogens with zero attached hydrogens (tertiary/aromatic N) is 6. The van der Waals surface area contributed by atoms with Crippen molar-refractivity contribution in [2.45, 2.75) is 46.2 Å². The number of rotatable bonds is 10. The highest BCUT2D eigenvalue weighted by atomic mass is 35.5. The van der Waals surface area contributed by atoms with E-state index in [0.29, 0.717) is 29.9 Å². The Bertz CT molecular complexity index is 1980. The Labute approximate surface area is 329 Å². The van der Waals surface area contributed by atoms with Crippen molar-refractivity contribution in [3.05, 3.63) is 93.6 Å². The van der Waals surface area contributed by atoms with Crippen LogP contribution in [-0.2, 0) is 28.1 Å². The third-order valence-electron chi connectivity index (χ3n) is 10.3.